The third kappa shape index (κ3) is 3.28. The van der Waals surface area contributed by atoms with Gasteiger partial charge in [0.1, 0.15) is 5.82 Å². The summed E-state index contributed by atoms with van der Waals surface area (Å²) >= 11 is 2.00. The van der Waals surface area contributed by atoms with Gasteiger partial charge in [-0.1, -0.05) is 0 Å². The lowest BCUT2D eigenvalue weighted by atomic mass is 9.95. The van der Waals surface area contributed by atoms with E-state index in [2.05, 4.69) is 16.6 Å². The average Bonchev–Trinajstić information content (AvgIpc) is 2.35. The molecular weight excluding hydrogens is 230 g/mol. The molecule has 0 saturated heterocycles. The number of aromatic nitrogens is 1. The van der Waals surface area contributed by atoms with Gasteiger partial charge in [0, 0.05) is 11.3 Å². The van der Waals surface area contributed by atoms with E-state index in [1.807, 2.05) is 30.8 Å². The summed E-state index contributed by atoms with van der Waals surface area (Å²) in [6.45, 7) is 1.95. The number of thioether (sulfide) groups is 1. The molecule has 3 nitrogen and oxygen atoms in total. The topological polar surface area (TPSA) is 50.9 Å². The second-order valence-corrected chi connectivity index (χ2v) is 5.86. The van der Waals surface area contributed by atoms with Crippen molar-refractivity contribution >= 4 is 23.3 Å². The van der Waals surface area contributed by atoms with E-state index in [0.717, 1.165) is 22.4 Å². The summed E-state index contributed by atoms with van der Waals surface area (Å²) < 4.78 is 0. The van der Waals surface area contributed by atoms with Crippen molar-refractivity contribution in [3.05, 3.63) is 17.8 Å². The Morgan fingerprint density at radius 3 is 2.59 bits per heavy atom. The number of pyridine rings is 1. The number of hydrogen-bond acceptors (Lipinski definition) is 4. The molecule has 0 atom stereocenters. The van der Waals surface area contributed by atoms with Crippen LogP contribution >= 0.6 is 11.8 Å². The molecule has 0 unspecified atom stereocenters. The molecule has 1 heterocycles. The van der Waals surface area contributed by atoms with Crippen LogP contribution in [0.15, 0.2) is 12.1 Å². The summed E-state index contributed by atoms with van der Waals surface area (Å²) in [6.07, 6.45) is 7.33. The van der Waals surface area contributed by atoms with Gasteiger partial charge in [0.2, 0.25) is 0 Å². The van der Waals surface area contributed by atoms with Crippen LogP contribution in [-0.2, 0) is 0 Å². The second-order valence-electron chi connectivity index (χ2n) is 4.72. The Morgan fingerprint density at radius 2 is 2.00 bits per heavy atom. The number of nitrogens with two attached hydrogens (primary N) is 1. The van der Waals surface area contributed by atoms with Crippen LogP contribution in [0, 0.1) is 6.92 Å². The van der Waals surface area contributed by atoms with E-state index >= 15 is 0 Å². The summed E-state index contributed by atoms with van der Waals surface area (Å²) in [6, 6.07) is 4.48. The van der Waals surface area contributed by atoms with E-state index in [-0.39, 0.29) is 0 Å². The molecule has 1 aromatic heterocycles. The first-order valence-corrected chi connectivity index (χ1v) is 7.50. The quantitative estimate of drug-likeness (QED) is 0.867. The molecule has 0 radical (unpaired) electrons. The Morgan fingerprint density at radius 1 is 1.29 bits per heavy atom. The highest BCUT2D eigenvalue weighted by Gasteiger charge is 2.20. The van der Waals surface area contributed by atoms with Gasteiger partial charge in [0.25, 0.3) is 0 Å². The van der Waals surface area contributed by atoms with Crippen LogP contribution in [0.3, 0.4) is 0 Å². The molecule has 1 aromatic rings. The maximum absolute atomic E-state index is 5.77. The zero-order valence-electron chi connectivity index (χ0n) is 10.6. The second kappa shape index (κ2) is 5.63. The zero-order valence-corrected chi connectivity index (χ0v) is 11.4. The first-order valence-electron chi connectivity index (χ1n) is 6.21. The fraction of sp³-hybridized carbons (Fsp3) is 0.615. The van der Waals surface area contributed by atoms with E-state index < -0.39 is 0 Å². The van der Waals surface area contributed by atoms with Gasteiger partial charge in [-0.2, -0.15) is 11.8 Å². The molecule has 0 aromatic carbocycles. The van der Waals surface area contributed by atoms with E-state index in [0.29, 0.717) is 6.04 Å². The van der Waals surface area contributed by atoms with Crippen LogP contribution in [0.2, 0.25) is 0 Å². The number of nitrogens with zero attached hydrogens (tertiary/aromatic N) is 1. The summed E-state index contributed by atoms with van der Waals surface area (Å²) in [7, 11) is 0. The highest BCUT2D eigenvalue weighted by atomic mass is 32.2. The Hall–Kier alpha value is -0.900. The number of anilines is 2. The summed E-state index contributed by atoms with van der Waals surface area (Å²) in [5.74, 6) is 0.962. The zero-order chi connectivity index (χ0) is 12.3. The van der Waals surface area contributed by atoms with Crippen molar-refractivity contribution in [2.24, 2.45) is 0 Å². The van der Waals surface area contributed by atoms with Gasteiger partial charge in [-0.05, 0) is 51.0 Å². The van der Waals surface area contributed by atoms with Gasteiger partial charge in [0.15, 0.2) is 0 Å². The average molecular weight is 251 g/mol. The molecule has 1 saturated carbocycles. The molecule has 0 bridgehead atoms. The lowest BCUT2D eigenvalue weighted by Gasteiger charge is -2.28. The van der Waals surface area contributed by atoms with E-state index in [1.165, 1.54) is 25.7 Å². The van der Waals surface area contributed by atoms with Crippen LogP contribution in [-0.4, -0.2) is 22.5 Å². The summed E-state index contributed by atoms with van der Waals surface area (Å²) in [5.41, 5.74) is 7.44. The minimum atomic E-state index is 0.578. The molecule has 2 rings (SSSR count). The smallest absolute Gasteiger partial charge is 0.126 e. The Balaban J connectivity index is 1.91. The normalized spacial score (nSPS) is 24.6. The molecule has 3 N–H and O–H groups in total. The van der Waals surface area contributed by atoms with Crippen LogP contribution in [0.4, 0.5) is 11.5 Å². The fourth-order valence-corrected chi connectivity index (χ4v) is 3.05. The highest BCUT2D eigenvalue weighted by Crippen LogP contribution is 2.28. The van der Waals surface area contributed by atoms with Crippen molar-refractivity contribution in [2.75, 3.05) is 17.3 Å². The third-order valence-electron chi connectivity index (χ3n) is 3.49. The fourth-order valence-electron chi connectivity index (χ4n) is 2.30. The van der Waals surface area contributed by atoms with Gasteiger partial charge in [0.05, 0.1) is 11.4 Å². The minimum absolute atomic E-state index is 0.578. The van der Waals surface area contributed by atoms with Gasteiger partial charge < -0.3 is 11.1 Å². The van der Waals surface area contributed by atoms with Crippen molar-refractivity contribution in [2.45, 2.75) is 43.9 Å². The molecule has 0 aliphatic heterocycles. The molecular formula is C13H21N3S. The van der Waals surface area contributed by atoms with E-state index in [1.54, 1.807) is 0 Å². The van der Waals surface area contributed by atoms with Crippen LogP contribution in [0.25, 0.3) is 0 Å². The maximum atomic E-state index is 5.77. The lowest BCUT2D eigenvalue weighted by Crippen LogP contribution is -2.27. The standard InChI is InChI=1S/C13H21N3S/c1-9-12(14)7-8-13(15-9)16-10-3-5-11(17-2)6-4-10/h7-8,10-11H,3-6,14H2,1-2H3,(H,15,16). The van der Waals surface area contributed by atoms with Crippen LogP contribution < -0.4 is 11.1 Å². The monoisotopic (exact) mass is 251 g/mol. The summed E-state index contributed by atoms with van der Waals surface area (Å²) in [4.78, 5) is 4.46. The van der Waals surface area contributed by atoms with Crippen molar-refractivity contribution < 1.29 is 0 Å². The van der Waals surface area contributed by atoms with Crippen molar-refractivity contribution in [1.29, 1.82) is 0 Å². The SMILES string of the molecule is CSC1CCC(Nc2ccc(N)c(C)n2)CC1. The molecule has 1 fully saturated rings. The molecule has 0 amide bonds. The van der Waals surface area contributed by atoms with Crippen LogP contribution in [0.1, 0.15) is 31.4 Å². The lowest BCUT2D eigenvalue weighted by molar-refractivity contribution is 0.472. The molecule has 1 aliphatic rings. The predicted octanol–water partition coefficient (Wildman–Crippen LogP) is 3.06. The number of rotatable bonds is 3. The third-order valence-corrected chi connectivity index (χ3v) is 4.62. The Kier molecular flexibility index (Phi) is 4.15. The molecule has 17 heavy (non-hydrogen) atoms. The highest BCUT2D eigenvalue weighted by molar-refractivity contribution is 7.99. The molecule has 94 valence electrons. The van der Waals surface area contributed by atoms with Crippen LogP contribution in [0.5, 0.6) is 0 Å². The largest absolute Gasteiger partial charge is 0.397 e. The Labute approximate surface area is 108 Å². The van der Waals surface area contributed by atoms with Gasteiger partial charge >= 0.3 is 0 Å². The van der Waals surface area contributed by atoms with Gasteiger partial charge in [-0.15, -0.1) is 0 Å². The molecule has 0 spiro atoms. The maximum Gasteiger partial charge on any atom is 0.126 e. The predicted molar refractivity (Wildman–Crippen MR) is 76.6 cm³/mol. The first-order chi connectivity index (χ1) is 8.19. The van der Waals surface area contributed by atoms with Gasteiger partial charge in [-0.3, -0.25) is 0 Å². The number of aryl methyl sites for hydroxylation is 1. The number of hydrogen-bond donors (Lipinski definition) is 2. The summed E-state index contributed by atoms with van der Waals surface area (Å²) in [5, 5.41) is 4.37. The van der Waals surface area contributed by atoms with Crippen molar-refractivity contribution in [1.82, 2.24) is 4.98 Å². The number of nitrogens with one attached hydrogen (secondary N) is 1. The van der Waals surface area contributed by atoms with E-state index in [9.17, 15) is 0 Å². The van der Waals surface area contributed by atoms with E-state index in [4.69, 9.17) is 5.73 Å². The molecule has 4 heteroatoms. The molecule has 1 aliphatic carbocycles. The van der Waals surface area contributed by atoms with Crippen molar-refractivity contribution in [3.63, 3.8) is 0 Å². The van der Waals surface area contributed by atoms with Gasteiger partial charge in [-0.25, -0.2) is 4.98 Å². The minimum Gasteiger partial charge on any atom is -0.397 e. The van der Waals surface area contributed by atoms with Crippen molar-refractivity contribution in [3.8, 4) is 0 Å². The Bertz CT molecular complexity index is 373. The number of nitrogen functional groups attached to an aromatic ring is 1. The first kappa shape index (κ1) is 12.6.